The Morgan fingerprint density at radius 1 is 1.39 bits per heavy atom. The number of hydrogen-bond acceptors (Lipinski definition) is 2. The second-order valence-corrected chi connectivity index (χ2v) is 5.55. The Bertz CT molecular complexity index is 557. The first-order valence-corrected chi connectivity index (χ1v) is 6.85. The number of rotatable bonds is 3. The Morgan fingerprint density at radius 2 is 2.17 bits per heavy atom. The lowest BCUT2D eigenvalue weighted by molar-refractivity contribution is 0.720. The standard InChI is InChI=1S/C14H14BrClN2/c1-9-6-11(2-3-12(9)15)14(17)7-10-4-5-18-8-13(10)16/h2-6,8,14H,7,17H2,1H3. The van der Waals surface area contributed by atoms with Gasteiger partial charge in [-0.2, -0.15) is 0 Å². The smallest absolute Gasteiger partial charge is 0.0622 e. The summed E-state index contributed by atoms with van der Waals surface area (Å²) in [6, 6.07) is 8.02. The van der Waals surface area contributed by atoms with Crippen LogP contribution in [0.4, 0.5) is 0 Å². The molecule has 4 heteroatoms. The van der Waals surface area contributed by atoms with Gasteiger partial charge in [-0.25, -0.2) is 0 Å². The van der Waals surface area contributed by atoms with Gasteiger partial charge in [-0.15, -0.1) is 0 Å². The second kappa shape index (κ2) is 5.83. The van der Waals surface area contributed by atoms with Gasteiger partial charge >= 0.3 is 0 Å². The van der Waals surface area contributed by atoms with E-state index in [1.165, 1.54) is 5.56 Å². The van der Waals surface area contributed by atoms with Crippen LogP contribution in [0.25, 0.3) is 0 Å². The predicted molar refractivity (Wildman–Crippen MR) is 78.8 cm³/mol. The van der Waals surface area contributed by atoms with Gasteiger partial charge in [0.05, 0.1) is 5.02 Å². The Labute approximate surface area is 120 Å². The normalized spacial score (nSPS) is 12.4. The van der Waals surface area contributed by atoms with E-state index in [0.29, 0.717) is 11.4 Å². The van der Waals surface area contributed by atoms with Crippen molar-refractivity contribution in [3.63, 3.8) is 0 Å². The summed E-state index contributed by atoms with van der Waals surface area (Å²) >= 11 is 9.57. The van der Waals surface area contributed by atoms with Gasteiger partial charge in [-0.1, -0.05) is 39.7 Å². The van der Waals surface area contributed by atoms with Gasteiger partial charge in [0, 0.05) is 22.9 Å². The van der Waals surface area contributed by atoms with Crippen molar-refractivity contribution in [1.29, 1.82) is 0 Å². The quantitative estimate of drug-likeness (QED) is 0.924. The third-order valence-corrected chi connectivity index (χ3v) is 4.14. The molecule has 1 unspecified atom stereocenters. The first kappa shape index (κ1) is 13.5. The molecule has 1 heterocycles. The lowest BCUT2D eigenvalue weighted by atomic mass is 9.99. The van der Waals surface area contributed by atoms with E-state index in [4.69, 9.17) is 17.3 Å². The summed E-state index contributed by atoms with van der Waals surface area (Å²) in [5.41, 5.74) is 9.55. The van der Waals surface area contributed by atoms with E-state index < -0.39 is 0 Å². The molecular weight excluding hydrogens is 312 g/mol. The van der Waals surface area contributed by atoms with Crippen molar-refractivity contribution in [2.75, 3.05) is 0 Å². The number of hydrogen-bond donors (Lipinski definition) is 1. The molecule has 0 saturated heterocycles. The Balaban J connectivity index is 2.19. The Morgan fingerprint density at radius 3 is 2.83 bits per heavy atom. The van der Waals surface area contributed by atoms with Crippen molar-refractivity contribution in [2.45, 2.75) is 19.4 Å². The van der Waals surface area contributed by atoms with Crippen LogP contribution >= 0.6 is 27.5 Å². The van der Waals surface area contributed by atoms with Crippen LogP contribution in [0.1, 0.15) is 22.7 Å². The van der Waals surface area contributed by atoms with Crippen molar-refractivity contribution in [1.82, 2.24) is 4.98 Å². The molecule has 2 rings (SSSR count). The molecule has 1 aromatic carbocycles. The Kier molecular flexibility index (Phi) is 4.38. The van der Waals surface area contributed by atoms with E-state index in [-0.39, 0.29) is 6.04 Å². The molecule has 0 saturated carbocycles. The lowest BCUT2D eigenvalue weighted by Crippen LogP contribution is -2.13. The largest absolute Gasteiger partial charge is 0.324 e. The minimum Gasteiger partial charge on any atom is -0.324 e. The van der Waals surface area contributed by atoms with Crippen molar-refractivity contribution >= 4 is 27.5 Å². The molecular formula is C14H14BrClN2. The van der Waals surface area contributed by atoms with Crippen LogP contribution in [-0.4, -0.2) is 4.98 Å². The zero-order chi connectivity index (χ0) is 13.1. The van der Waals surface area contributed by atoms with Crippen molar-refractivity contribution in [3.8, 4) is 0 Å². The number of aromatic nitrogens is 1. The van der Waals surface area contributed by atoms with Crippen LogP contribution in [0.2, 0.25) is 5.02 Å². The molecule has 0 radical (unpaired) electrons. The second-order valence-electron chi connectivity index (χ2n) is 4.29. The van der Waals surface area contributed by atoms with E-state index in [0.717, 1.165) is 15.6 Å². The lowest BCUT2D eigenvalue weighted by Gasteiger charge is -2.14. The highest BCUT2D eigenvalue weighted by molar-refractivity contribution is 9.10. The van der Waals surface area contributed by atoms with Gasteiger partial charge in [0.25, 0.3) is 0 Å². The van der Waals surface area contributed by atoms with Crippen LogP contribution in [0.3, 0.4) is 0 Å². The molecule has 1 aromatic heterocycles. The molecule has 18 heavy (non-hydrogen) atoms. The number of halogens is 2. The summed E-state index contributed by atoms with van der Waals surface area (Å²) < 4.78 is 1.10. The van der Waals surface area contributed by atoms with E-state index >= 15 is 0 Å². The molecule has 94 valence electrons. The van der Waals surface area contributed by atoms with Crippen LogP contribution in [0, 0.1) is 6.92 Å². The molecule has 2 aromatic rings. The van der Waals surface area contributed by atoms with Gasteiger partial charge in [-0.3, -0.25) is 4.98 Å². The highest BCUT2D eigenvalue weighted by Gasteiger charge is 2.10. The molecule has 0 spiro atoms. The van der Waals surface area contributed by atoms with Gasteiger partial charge in [0.1, 0.15) is 0 Å². The predicted octanol–water partition coefficient (Wildman–Crippen LogP) is 4.05. The number of nitrogens with zero attached hydrogens (tertiary/aromatic N) is 1. The number of pyridine rings is 1. The summed E-state index contributed by atoms with van der Waals surface area (Å²) in [4.78, 5) is 3.97. The van der Waals surface area contributed by atoms with E-state index in [2.05, 4.69) is 33.9 Å². The maximum Gasteiger partial charge on any atom is 0.0622 e. The minimum absolute atomic E-state index is 0.0586. The van der Waals surface area contributed by atoms with Crippen molar-refractivity contribution < 1.29 is 0 Å². The van der Waals surface area contributed by atoms with Crippen LogP contribution in [0.15, 0.2) is 41.1 Å². The maximum absolute atomic E-state index is 6.22. The number of benzene rings is 1. The van der Waals surface area contributed by atoms with E-state index in [1.54, 1.807) is 12.4 Å². The topological polar surface area (TPSA) is 38.9 Å². The molecule has 0 bridgehead atoms. The van der Waals surface area contributed by atoms with Crippen LogP contribution in [0.5, 0.6) is 0 Å². The van der Waals surface area contributed by atoms with Crippen molar-refractivity contribution in [2.24, 2.45) is 5.73 Å². The summed E-state index contributed by atoms with van der Waals surface area (Å²) in [7, 11) is 0. The van der Waals surface area contributed by atoms with Crippen LogP contribution < -0.4 is 5.73 Å². The fourth-order valence-corrected chi connectivity index (χ4v) is 2.27. The summed E-state index contributed by atoms with van der Waals surface area (Å²) in [5.74, 6) is 0. The number of aryl methyl sites for hydroxylation is 1. The molecule has 0 fully saturated rings. The fourth-order valence-electron chi connectivity index (χ4n) is 1.82. The first-order valence-electron chi connectivity index (χ1n) is 5.68. The molecule has 0 amide bonds. The zero-order valence-electron chi connectivity index (χ0n) is 10.0. The molecule has 2 nitrogen and oxygen atoms in total. The SMILES string of the molecule is Cc1cc(C(N)Cc2ccncc2Cl)ccc1Br. The third kappa shape index (κ3) is 3.10. The van der Waals surface area contributed by atoms with Gasteiger partial charge in [0.2, 0.25) is 0 Å². The third-order valence-electron chi connectivity index (χ3n) is 2.91. The zero-order valence-corrected chi connectivity index (χ0v) is 12.4. The molecule has 0 aliphatic rings. The molecule has 0 aliphatic heterocycles. The average molecular weight is 326 g/mol. The van der Waals surface area contributed by atoms with Gasteiger partial charge in [-0.05, 0) is 42.2 Å². The molecule has 1 atom stereocenters. The number of nitrogens with two attached hydrogens (primary N) is 1. The Hall–Kier alpha value is -0.900. The van der Waals surface area contributed by atoms with E-state index in [9.17, 15) is 0 Å². The average Bonchev–Trinajstić information content (AvgIpc) is 2.35. The molecule has 0 aliphatic carbocycles. The highest BCUT2D eigenvalue weighted by Crippen LogP contribution is 2.24. The van der Waals surface area contributed by atoms with E-state index in [1.807, 2.05) is 18.2 Å². The first-order chi connectivity index (χ1) is 8.58. The monoisotopic (exact) mass is 324 g/mol. The van der Waals surface area contributed by atoms with Gasteiger partial charge < -0.3 is 5.73 Å². The highest BCUT2D eigenvalue weighted by atomic mass is 79.9. The molecule has 2 N–H and O–H groups in total. The fraction of sp³-hybridized carbons (Fsp3) is 0.214. The maximum atomic E-state index is 6.22. The van der Waals surface area contributed by atoms with Crippen molar-refractivity contribution in [3.05, 3.63) is 62.8 Å². The summed E-state index contributed by atoms with van der Waals surface area (Å²) in [6.07, 6.45) is 4.10. The minimum atomic E-state index is -0.0586. The van der Waals surface area contributed by atoms with Crippen LogP contribution in [-0.2, 0) is 6.42 Å². The summed E-state index contributed by atoms with van der Waals surface area (Å²) in [5, 5.41) is 0.668. The summed E-state index contributed by atoms with van der Waals surface area (Å²) in [6.45, 7) is 2.06. The van der Waals surface area contributed by atoms with Gasteiger partial charge in [0.15, 0.2) is 0 Å².